The quantitative estimate of drug-likeness (QED) is 0.214. The average molecular weight is 497 g/mol. The third-order valence-corrected chi connectivity index (χ3v) is 5.22. The molecule has 3 aromatic rings. The van der Waals surface area contributed by atoms with Crippen LogP contribution in [0.3, 0.4) is 0 Å². The predicted octanol–water partition coefficient (Wildman–Crippen LogP) is 5.13. The Labute approximate surface area is 207 Å². The van der Waals surface area contributed by atoms with Crippen LogP contribution in [-0.4, -0.2) is 28.6 Å². The van der Waals surface area contributed by atoms with Gasteiger partial charge in [-0.25, -0.2) is 9.59 Å². The molecule has 0 saturated carbocycles. The minimum absolute atomic E-state index is 0.0890. The van der Waals surface area contributed by atoms with Crippen LogP contribution in [0.25, 0.3) is 22.1 Å². The summed E-state index contributed by atoms with van der Waals surface area (Å²) in [6.07, 6.45) is -0.739. The molecule has 1 aromatic heterocycles. The summed E-state index contributed by atoms with van der Waals surface area (Å²) in [5.41, 5.74) is -0.173. The largest absolute Gasteiger partial charge is 0.460 e. The molecule has 0 aliphatic carbocycles. The number of aryl methyl sites for hydroxylation is 1. The van der Waals surface area contributed by atoms with E-state index in [1.54, 1.807) is 41.5 Å². The van der Waals surface area contributed by atoms with Crippen molar-refractivity contribution in [3.05, 3.63) is 68.6 Å². The zero-order valence-corrected chi connectivity index (χ0v) is 20.9. The molecule has 0 spiro atoms. The summed E-state index contributed by atoms with van der Waals surface area (Å²) < 4.78 is 16.5. The Morgan fingerprint density at radius 2 is 1.72 bits per heavy atom. The normalized spacial score (nSPS) is 12.3. The molecule has 190 valence electrons. The van der Waals surface area contributed by atoms with E-state index in [9.17, 15) is 24.5 Å². The second kappa shape index (κ2) is 10.2. The van der Waals surface area contributed by atoms with Gasteiger partial charge in [-0.1, -0.05) is 13.8 Å². The molecule has 0 unspecified atom stereocenters. The highest BCUT2D eigenvalue weighted by Gasteiger charge is 2.29. The molecule has 1 N–H and O–H groups in total. The van der Waals surface area contributed by atoms with Crippen molar-refractivity contribution in [3.63, 3.8) is 0 Å². The Bertz CT molecular complexity index is 1370. The fraction of sp³-hybridized carbons (Fsp3) is 0.346. The van der Waals surface area contributed by atoms with Crippen molar-refractivity contribution in [2.75, 3.05) is 0 Å². The number of ether oxygens (including phenoxy) is 2. The minimum Gasteiger partial charge on any atom is -0.460 e. The van der Waals surface area contributed by atoms with Gasteiger partial charge in [-0.2, -0.15) is 0 Å². The molecule has 1 amide bonds. The monoisotopic (exact) mass is 496 g/mol. The first kappa shape index (κ1) is 26.4. The van der Waals surface area contributed by atoms with Crippen LogP contribution in [0.2, 0.25) is 0 Å². The molecule has 0 aliphatic heterocycles. The average Bonchev–Trinajstić information content (AvgIpc) is 2.76. The van der Waals surface area contributed by atoms with Gasteiger partial charge in [0.15, 0.2) is 0 Å². The number of carbonyl (C=O) groups excluding carboxylic acids is 2. The van der Waals surface area contributed by atoms with Crippen LogP contribution in [0, 0.1) is 23.0 Å². The second-order valence-corrected chi connectivity index (χ2v) is 9.61. The number of amides is 1. The molecule has 10 heteroatoms. The summed E-state index contributed by atoms with van der Waals surface area (Å²) in [6.45, 7) is 10.3. The summed E-state index contributed by atoms with van der Waals surface area (Å²) in [4.78, 5) is 48.5. The first-order valence-corrected chi connectivity index (χ1v) is 11.3. The first-order valence-electron chi connectivity index (χ1n) is 11.3. The highest BCUT2D eigenvalue weighted by molar-refractivity contribution is 5.86. The van der Waals surface area contributed by atoms with E-state index in [0.29, 0.717) is 11.3 Å². The van der Waals surface area contributed by atoms with E-state index < -0.39 is 28.6 Å². The van der Waals surface area contributed by atoms with Gasteiger partial charge in [0, 0.05) is 18.2 Å². The molecular weight excluding hydrogens is 468 g/mol. The number of alkyl carbamates (subject to hydrolysis) is 1. The molecule has 1 atom stereocenters. The van der Waals surface area contributed by atoms with Crippen LogP contribution in [0.15, 0.2) is 51.7 Å². The van der Waals surface area contributed by atoms with Crippen molar-refractivity contribution in [2.45, 2.75) is 53.2 Å². The standard InChI is InChI=1S/C26H28N2O8/c1-14(2)22(27-25(31)36-26(4,5)6)24(30)35-18-11-12-19-20(13-18)34-15(3)21(23(19)29)16-7-9-17(10-8-16)28(32)33/h7-14,22H,1-6H3,(H,27,31)/t22-/m0/s1. The van der Waals surface area contributed by atoms with Gasteiger partial charge in [0.2, 0.25) is 5.43 Å². The van der Waals surface area contributed by atoms with Crippen molar-refractivity contribution in [3.8, 4) is 16.9 Å². The summed E-state index contributed by atoms with van der Waals surface area (Å²) in [6, 6.07) is 9.00. The van der Waals surface area contributed by atoms with Crippen molar-refractivity contribution in [1.29, 1.82) is 0 Å². The lowest BCUT2D eigenvalue weighted by Crippen LogP contribution is -2.48. The molecule has 0 aliphatic rings. The topological polar surface area (TPSA) is 138 Å². The third-order valence-electron chi connectivity index (χ3n) is 5.22. The third kappa shape index (κ3) is 6.07. The Hall–Kier alpha value is -4.21. The Morgan fingerprint density at radius 3 is 2.28 bits per heavy atom. The van der Waals surface area contributed by atoms with E-state index in [0.717, 1.165) is 0 Å². The van der Waals surface area contributed by atoms with Crippen molar-refractivity contribution >= 4 is 28.7 Å². The number of fused-ring (bicyclic) bond motifs is 1. The lowest BCUT2D eigenvalue weighted by molar-refractivity contribution is -0.384. The number of carbonyl (C=O) groups is 2. The van der Waals surface area contributed by atoms with Crippen LogP contribution in [0.4, 0.5) is 10.5 Å². The van der Waals surface area contributed by atoms with E-state index in [4.69, 9.17) is 13.9 Å². The van der Waals surface area contributed by atoms with Gasteiger partial charge in [0.25, 0.3) is 5.69 Å². The molecule has 36 heavy (non-hydrogen) atoms. The van der Waals surface area contributed by atoms with Crippen LogP contribution >= 0.6 is 0 Å². The maximum Gasteiger partial charge on any atom is 0.408 e. The Balaban J connectivity index is 1.87. The van der Waals surface area contributed by atoms with Gasteiger partial charge in [0.1, 0.15) is 28.7 Å². The predicted molar refractivity (Wildman–Crippen MR) is 133 cm³/mol. The molecule has 2 aromatic carbocycles. The Kier molecular flexibility index (Phi) is 7.47. The van der Waals surface area contributed by atoms with Crippen LogP contribution in [-0.2, 0) is 9.53 Å². The molecule has 3 rings (SSSR count). The molecular formula is C26H28N2O8. The summed E-state index contributed by atoms with van der Waals surface area (Å²) in [5.74, 6) is -0.544. The number of esters is 1. The zero-order valence-electron chi connectivity index (χ0n) is 20.9. The number of nitro benzene ring substituents is 1. The second-order valence-electron chi connectivity index (χ2n) is 9.61. The minimum atomic E-state index is -0.964. The lowest BCUT2D eigenvalue weighted by Gasteiger charge is -2.24. The van der Waals surface area contributed by atoms with Crippen LogP contribution in [0.5, 0.6) is 5.75 Å². The number of benzene rings is 2. The molecule has 0 bridgehead atoms. The highest BCUT2D eigenvalue weighted by atomic mass is 16.6. The van der Waals surface area contributed by atoms with Gasteiger partial charge in [-0.15, -0.1) is 0 Å². The van der Waals surface area contributed by atoms with Crippen molar-refractivity contribution in [2.24, 2.45) is 5.92 Å². The highest BCUT2D eigenvalue weighted by Crippen LogP contribution is 2.28. The number of non-ortho nitro benzene ring substituents is 1. The van der Waals surface area contributed by atoms with E-state index in [2.05, 4.69) is 5.32 Å². The van der Waals surface area contributed by atoms with E-state index in [-0.39, 0.29) is 39.3 Å². The van der Waals surface area contributed by atoms with Gasteiger partial charge in [0.05, 0.1) is 15.9 Å². The smallest absolute Gasteiger partial charge is 0.408 e. The lowest BCUT2D eigenvalue weighted by atomic mass is 10.0. The Morgan fingerprint density at radius 1 is 1.08 bits per heavy atom. The molecule has 10 nitrogen and oxygen atoms in total. The van der Waals surface area contributed by atoms with Gasteiger partial charge in [-0.3, -0.25) is 14.9 Å². The van der Waals surface area contributed by atoms with Crippen LogP contribution in [0.1, 0.15) is 40.4 Å². The zero-order chi connectivity index (χ0) is 26.8. The molecule has 1 heterocycles. The number of nitrogens with one attached hydrogen (secondary N) is 1. The fourth-order valence-corrected chi connectivity index (χ4v) is 3.54. The molecule has 0 fully saturated rings. The number of hydrogen-bond donors (Lipinski definition) is 1. The fourth-order valence-electron chi connectivity index (χ4n) is 3.54. The summed E-state index contributed by atoms with van der Waals surface area (Å²) in [7, 11) is 0. The van der Waals surface area contributed by atoms with Gasteiger partial charge in [-0.05, 0) is 63.4 Å². The maximum atomic E-state index is 13.2. The first-order chi connectivity index (χ1) is 16.8. The maximum absolute atomic E-state index is 13.2. The summed E-state index contributed by atoms with van der Waals surface area (Å²) >= 11 is 0. The summed E-state index contributed by atoms with van der Waals surface area (Å²) in [5, 5.41) is 13.7. The SMILES string of the molecule is Cc1oc2cc(OC(=O)[C@@H](NC(=O)OC(C)(C)C)C(C)C)ccc2c(=O)c1-c1ccc([N+](=O)[O-])cc1. The van der Waals surface area contributed by atoms with Gasteiger partial charge >= 0.3 is 12.1 Å². The number of nitrogens with zero attached hydrogens (tertiary/aromatic N) is 1. The van der Waals surface area contributed by atoms with Crippen molar-refractivity contribution < 1.29 is 28.4 Å². The van der Waals surface area contributed by atoms with E-state index in [1.807, 2.05) is 0 Å². The number of hydrogen-bond acceptors (Lipinski definition) is 8. The van der Waals surface area contributed by atoms with Gasteiger partial charge < -0.3 is 19.2 Å². The van der Waals surface area contributed by atoms with Crippen molar-refractivity contribution in [1.82, 2.24) is 5.32 Å². The molecule has 0 radical (unpaired) electrons. The number of nitro groups is 1. The number of rotatable bonds is 6. The van der Waals surface area contributed by atoms with E-state index >= 15 is 0 Å². The molecule has 0 saturated heterocycles. The van der Waals surface area contributed by atoms with E-state index in [1.165, 1.54) is 42.5 Å². The van der Waals surface area contributed by atoms with Crippen LogP contribution < -0.4 is 15.5 Å².